The van der Waals surface area contributed by atoms with Crippen LogP contribution in [0, 0.1) is 6.92 Å². The lowest BCUT2D eigenvalue weighted by atomic mass is 10.0. The SMILES string of the molecule is COC(=O)CN(C)S(=O)(=O)c1ccc(-c2ccc(C)c(N)c2)cc1. The number of nitrogens with two attached hydrogens (primary N) is 1. The number of methoxy groups -OCH3 is 1. The summed E-state index contributed by atoms with van der Waals surface area (Å²) in [7, 11) is -1.20. The zero-order chi connectivity index (χ0) is 17.9. The summed E-state index contributed by atoms with van der Waals surface area (Å²) in [5.41, 5.74) is 9.35. The Morgan fingerprint density at radius 1 is 1.12 bits per heavy atom. The van der Waals surface area contributed by atoms with Crippen LogP contribution in [0.3, 0.4) is 0 Å². The van der Waals surface area contributed by atoms with E-state index < -0.39 is 16.0 Å². The number of rotatable bonds is 5. The average molecular weight is 348 g/mol. The molecule has 0 radical (unpaired) electrons. The molecule has 2 rings (SSSR count). The van der Waals surface area contributed by atoms with Crippen molar-refractivity contribution < 1.29 is 17.9 Å². The quantitative estimate of drug-likeness (QED) is 0.660. The Balaban J connectivity index is 2.28. The predicted molar refractivity (Wildman–Crippen MR) is 92.9 cm³/mol. The lowest BCUT2D eigenvalue weighted by Crippen LogP contribution is -2.32. The summed E-state index contributed by atoms with van der Waals surface area (Å²) < 4.78 is 30.3. The summed E-state index contributed by atoms with van der Waals surface area (Å²) in [6, 6.07) is 12.1. The maximum absolute atomic E-state index is 12.4. The van der Waals surface area contributed by atoms with Crippen molar-refractivity contribution in [2.24, 2.45) is 0 Å². The molecule has 0 fully saturated rings. The van der Waals surface area contributed by atoms with Crippen molar-refractivity contribution in [2.75, 3.05) is 26.4 Å². The molecule has 128 valence electrons. The van der Waals surface area contributed by atoms with Crippen LogP contribution < -0.4 is 5.73 Å². The highest BCUT2D eigenvalue weighted by Gasteiger charge is 2.23. The molecule has 2 aromatic rings. The van der Waals surface area contributed by atoms with Crippen LogP contribution in [0.4, 0.5) is 5.69 Å². The van der Waals surface area contributed by atoms with Crippen LogP contribution in [-0.2, 0) is 19.6 Å². The number of benzene rings is 2. The van der Waals surface area contributed by atoms with Crippen LogP contribution in [0.25, 0.3) is 11.1 Å². The molecule has 2 N–H and O–H groups in total. The maximum atomic E-state index is 12.4. The zero-order valence-electron chi connectivity index (χ0n) is 13.8. The first kappa shape index (κ1) is 18.0. The van der Waals surface area contributed by atoms with Crippen molar-refractivity contribution in [2.45, 2.75) is 11.8 Å². The molecule has 0 aliphatic carbocycles. The Morgan fingerprint density at radius 2 is 1.71 bits per heavy atom. The molecule has 0 saturated carbocycles. The number of carbonyl (C=O) groups excluding carboxylic acids is 1. The number of hydrogen-bond acceptors (Lipinski definition) is 5. The molecule has 0 aliphatic heterocycles. The van der Waals surface area contributed by atoms with Gasteiger partial charge in [0, 0.05) is 12.7 Å². The van der Waals surface area contributed by atoms with Crippen molar-refractivity contribution in [1.29, 1.82) is 0 Å². The van der Waals surface area contributed by atoms with Gasteiger partial charge in [-0.15, -0.1) is 0 Å². The number of anilines is 1. The van der Waals surface area contributed by atoms with E-state index in [4.69, 9.17) is 5.73 Å². The number of nitrogens with zero attached hydrogens (tertiary/aromatic N) is 1. The van der Waals surface area contributed by atoms with Gasteiger partial charge in [0.2, 0.25) is 10.0 Å². The molecule has 0 aliphatic rings. The van der Waals surface area contributed by atoms with Gasteiger partial charge in [0.15, 0.2) is 0 Å². The molecular formula is C17H20N2O4S. The highest BCUT2D eigenvalue weighted by Crippen LogP contribution is 2.25. The number of aryl methyl sites for hydroxylation is 1. The normalized spacial score (nSPS) is 11.5. The molecule has 24 heavy (non-hydrogen) atoms. The molecule has 0 spiro atoms. The highest BCUT2D eigenvalue weighted by molar-refractivity contribution is 7.89. The van der Waals surface area contributed by atoms with E-state index in [1.54, 1.807) is 12.1 Å². The molecule has 0 bridgehead atoms. The van der Waals surface area contributed by atoms with Gasteiger partial charge in [-0.3, -0.25) is 4.79 Å². The van der Waals surface area contributed by atoms with Crippen LogP contribution in [0.2, 0.25) is 0 Å². The number of carbonyl (C=O) groups is 1. The van der Waals surface area contributed by atoms with Gasteiger partial charge in [-0.05, 0) is 41.8 Å². The van der Waals surface area contributed by atoms with Crippen molar-refractivity contribution in [3.63, 3.8) is 0 Å². The number of hydrogen-bond donors (Lipinski definition) is 1. The van der Waals surface area contributed by atoms with E-state index in [1.807, 2.05) is 25.1 Å². The highest BCUT2D eigenvalue weighted by atomic mass is 32.2. The first-order valence-corrected chi connectivity index (χ1v) is 8.69. The second kappa shape index (κ2) is 7.02. The number of likely N-dealkylation sites (N-methyl/N-ethyl adjacent to an activating group) is 1. The molecule has 0 aromatic heterocycles. The third-order valence-corrected chi connectivity index (χ3v) is 5.57. The molecule has 0 atom stereocenters. The van der Waals surface area contributed by atoms with Crippen molar-refractivity contribution in [3.05, 3.63) is 48.0 Å². The monoisotopic (exact) mass is 348 g/mol. The first-order valence-electron chi connectivity index (χ1n) is 7.25. The van der Waals surface area contributed by atoms with Crippen LogP contribution >= 0.6 is 0 Å². The summed E-state index contributed by atoms with van der Waals surface area (Å²) in [5.74, 6) is -0.618. The molecule has 6 nitrogen and oxygen atoms in total. The van der Waals surface area contributed by atoms with Gasteiger partial charge in [0.25, 0.3) is 0 Å². The van der Waals surface area contributed by atoms with E-state index in [0.29, 0.717) is 5.69 Å². The minimum atomic E-state index is -3.75. The largest absolute Gasteiger partial charge is 0.468 e. The Hall–Kier alpha value is -2.38. The van der Waals surface area contributed by atoms with E-state index in [-0.39, 0.29) is 11.4 Å². The fourth-order valence-corrected chi connectivity index (χ4v) is 3.27. The predicted octanol–water partition coefficient (Wildman–Crippen LogP) is 2.04. The topological polar surface area (TPSA) is 89.7 Å². The lowest BCUT2D eigenvalue weighted by Gasteiger charge is -2.16. The summed E-state index contributed by atoms with van der Waals surface area (Å²) in [5, 5.41) is 0. The van der Waals surface area contributed by atoms with Gasteiger partial charge < -0.3 is 10.5 Å². The fraction of sp³-hybridized carbons (Fsp3) is 0.235. The van der Waals surface area contributed by atoms with E-state index in [1.165, 1.54) is 26.3 Å². The second-order valence-electron chi connectivity index (χ2n) is 5.43. The Bertz CT molecular complexity index is 845. The Morgan fingerprint density at radius 3 is 2.25 bits per heavy atom. The molecule has 0 amide bonds. The zero-order valence-corrected chi connectivity index (χ0v) is 14.6. The van der Waals surface area contributed by atoms with E-state index >= 15 is 0 Å². The van der Waals surface area contributed by atoms with Gasteiger partial charge in [-0.2, -0.15) is 4.31 Å². The van der Waals surface area contributed by atoms with Crippen LogP contribution in [0.15, 0.2) is 47.4 Å². The summed E-state index contributed by atoms with van der Waals surface area (Å²) in [6.07, 6.45) is 0. The number of nitrogen functional groups attached to an aromatic ring is 1. The van der Waals surface area contributed by atoms with Crippen molar-refractivity contribution >= 4 is 21.7 Å². The summed E-state index contributed by atoms with van der Waals surface area (Å²) >= 11 is 0. The third-order valence-electron chi connectivity index (χ3n) is 3.75. The molecule has 0 heterocycles. The van der Waals surface area contributed by atoms with Gasteiger partial charge in [0.1, 0.15) is 6.54 Å². The van der Waals surface area contributed by atoms with Gasteiger partial charge in [-0.25, -0.2) is 8.42 Å². The lowest BCUT2D eigenvalue weighted by molar-refractivity contribution is -0.140. The van der Waals surface area contributed by atoms with E-state index in [9.17, 15) is 13.2 Å². The van der Waals surface area contributed by atoms with Gasteiger partial charge in [-0.1, -0.05) is 24.3 Å². The fourth-order valence-electron chi connectivity index (χ4n) is 2.15. The Labute approximate surface area is 141 Å². The van der Waals surface area contributed by atoms with Crippen molar-refractivity contribution in [3.8, 4) is 11.1 Å². The first-order chi connectivity index (χ1) is 11.3. The average Bonchev–Trinajstić information content (AvgIpc) is 2.57. The Kier molecular flexibility index (Phi) is 5.26. The smallest absolute Gasteiger partial charge is 0.321 e. The van der Waals surface area contributed by atoms with Crippen LogP contribution in [0.1, 0.15) is 5.56 Å². The molecule has 2 aromatic carbocycles. The van der Waals surface area contributed by atoms with Gasteiger partial charge in [0.05, 0.1) is 12.0 Å². The molecule has 0 unspecified atom stereocenters. The second-order valence-corrected chi connectivity index (χ2v) is 7.48. The number of esters is 1. The number of sulfonamides is 1. The third kappa shape index (κ3) is 3.74. The van der Waals surface area contributed by atoms with E-state index in [2.05, 4.69) is 4.74 Å². The molecule has 0 saturated heterocycles. The summed E-state index contributed by atoms with van der Waals surface area (Å²) in [6.45, 7) is 1.58. The van der Waals surface area contributed by atoms with E-state index in [0.717, 1.165) is 21.0 Å². The maximum Gasteiger partial charge on any atom is 0.321 e. The minimum Gasteiger partial charge on any atom is -0.468 e. The van der Waals surface area contributed by atoms with Crippen molar-refractivity contribution in [1.82, 2.24) is 4.31 Å². The van der Waals surface area contributed by atoms with Crippen LogP contribution in [0.5, 0.6) is 0 Å². The van der Waals surface area contributed by atoms with Gasteiger partial charge >= 0.3 is 5.97 Å². The standard InChI is InChI=1S/C17H20N2O4S/c1-12-4-5-14(10-16(12)18)13-6-8-15(9-7-13)24(21,22)19(2)11-17(20)23-3/h4-10H,11,18H2,1-3H3. The molecule has 7 heteroatoms. The van der Waals surface area contributed by atoms with Crippen LogP contribution in [-0.4, -0.2) is 39.4 Å². The summed E-state index contributed by atoms with van der Waals surface area (Å²) in [4.78, 5) is 11.4. The minimum absolute atomic E-state index is 0.109. The molecular weight excluding hydrogens is 328 g/mol. The number of ether oxygens (including phenoxy) is 1.